The van der Waals surface area contributed by atoms with E-state index in [1.807, 2.05) is 0 Å². The summed E-state index contributed by atoms with van der Waals surface area (Å²) in [4.78, 5) is 0. The van der Waals surface area contributed by atoms with Gasteiger partial charge in [0.1, 0.15) is 0 Å². The van der Waals surface area contributed by atoms with Crippen LogP contribution in [0, 0.1) is 5.92 Å². The van der Waals surface area contributed by atoms with Gasteiger partial charge >= 0.3 is 0 Å². The van der Waals surface area contributed by atoms with Crippen molar-refractivity contribution in [3.8, 4) is 0 Å². The standard InChI is InChI=1S/C14H23BrN2/c1-2-12(6-8-16)7-9-17-11-13-4-3-5-14(15)10-13/h3-5,10,12,17H,2,6-9,11,16H2,1H3. The summed E-state index contributed by atoms with van der Waals surface area (Å²) in [6, 6.07) is 8.43. The smallest absolute Gasteiger partial charge is 0.0205 e. The van der Waals surface area contributed by atoms with E-state index in [0.29, 0.717) is 0 Å². The monoisotopic (exact) mass is 298 g/mol. The number of nitrogens with two attached hydrogens (primary N) is 1. The number of hydrogen-bond donors (Lipinski definition) is 2. The maximum Gasteiger partial charge on any atom is 0.0205 e. The molecule has 0 heterocycles. The molecule has 3 heteroatoms. The number of nitrogens with one attached hydrogen (secondary N) is 1. The number of rotatable bonds is 8. The third kappa shape index (κ3) is 6.20. The van der Waals surface area contributed by atoms with Gasteiger partial charge in [-0.05, 0) is 49.5 Å². The van der Waals surface area contributed by atoms with Gasteiger partial charge in [-0.2, -0.15) is 0 Å². The van der Waals surface area contributed by atoms with Gasteiger partial charge in [0.2, 0.25) is 0 Å². The molecule has 96 valence electrons. The van der Waals surface area contributed by atoms with Crippen molar-refractivity contribution in [1.82, 2.24) is 5.32 Å². The zero-order valence-electron chi connectivity index (χ0n) is 10.6. The van der Waals surface area contributed by atoms with Crippen LogP contribution in [0.1, 0.15) is 31.7 Å². The van der Waals surface area contributed by atoms with Gasteiger partial charge in [-0.3, -0.25) is 0 Å². The number of hydrogen-bond acceptors (Lipinski definition) is 2. The van der Waals surface area contributed by atoms with Crippen molar-refractivity contribution in [3.63, 3.8) is 0 Å². The molecule has 0 fully saturated rings. The Balaban J connectivity index is 2.19. The van der Waals surface area contributed by atoms with E-state index in [4.69, 9.17) is 5.73 Å². The normalized spacial score (nSPS) is 12.6. The Bertz CT molecular complexity index is 315. The molecule has 0 radical (unpaired) electrons. The minimum absolute atomic E-state index is 0.773. The van der Waals surface area contributed by atoms with Gasteiger partial charge in [0.05, 0.1) is 0 Å². The summed E-state index contributed by atoms with van der Waals surface area (Å²) >= 11 is 3.48. The molecule has 1 rings (SSSR count). The van der Waals surface area contributed by atoms with Crippen molar-refractivity contribution in [3.05, 3.63) is 34.3 Å². The Morgan fingerprint density at radius 3 is 2.82 bits per heavy atom. The molecule has 0 bridgehead atoms. The van der Waals surface area contributed by atoms with Crippen LogP contribution in [0.2, 0.25) is 0 Å². The molecule has 0 aliphatic heterocycles. The predicted octanol–water partition coefficient (Wildman–Crippen LogP) is 3.30. The fourth-order valence-electron chi connectivity index (χ4n) is 1.97. The Labute approximate surface area is 113 Å². The van der Waals surface area contributed by atoms with Crippen molar-refractivity contribution >= 4 is 15.9 Å². The van der Waals surface area contributed by atoms with E-state index in [-0.39, 0.29) is 0 Å². The molecule has 3 N–H and O–H groups in total. The first kappa shape index (κ1) is 14.7. The first-order valence-electron chi connectivity index (χ1n) is 6.41. The fraction of sp³-hybridized carbons (Fsp3) is 0.571. The highest BCUT2D eigenvalue weighted by molar-refractivity contribution is 9.10. The topological polar surface area (TPSA) is 38.0 Å². The first-order valence-corrected chi connectivity index (χ1v) is 7.20. The van der Waals surface area contributed by atoms with Gasteiger partial charge < -0.3 is 11.1 Å². The molecule has 0 aliphatic carbocycles. The van der Waals surface area contributed by atoms with Crippen LogP contribution in [0.5, 0.6) is 0 Å². The van der Waals surface area contributed by atoms with E-state index >= 15 is 0 Å². The maximum atomic E-state index is 5.59. The summed E-state index contributed by atoms with van der Waals surface area (Å²) in [7, 11) is 0. The SMILES string of the molecule is CCC(CCN)CCNCc1cccc(Br)c1. The second-order valence-corrected chi connectivity index (χ2v) is 5.36. The zero-order chi connectivity index (χ0) is 12.5. The summed E-state index contributed by atoms with van der Waals surface area (Å²) in [5, 5.41) is 3.49. The molecule has 0 saturated carbocycles. The molecule has 17 heavy (non-hydrogen) atoms. The highest BCUT2D eigenvalue weighted by Crippen LogP contribution is 2.13. The van der Waals surface area contributed by atoms with Crippen molar-refractivity contribution < 1.29 is 0 Å². The summed E-state index contributed by atoms with van der Waals surface area (Å²) in [5.74, 6) is 0.773. The molecule has 0 aromatic heterocycles. The second-order valence-electron chi connectivity index (χ2n) is 4.45. The predicted molar refractivity (Wildman–Crippen MR) is 77.9 cm³/mol. The van der Waals surface area contributed by atoms with Gasteiger partial charge in [0, 0.05) is 11.0 Å². The van der Waals surface area contributed by atoms with Gasteiger partial charge in [0.15, 0.2) is 0 Å². The van der Waals surface area contributed by atoms with Crippen molar-refractivity contribution in [2.24, 2.45) is 11.7 Å². The minimum Gasteiger partial charge on any atom is -0.330 e. The van der Waals surface area contributed by atoms with E-state index in [1.54, 1.807) is 0 Å². The van der Waals surface area contributed by atoms with Crippen LogP contribution >= 0.6 is 15.9 Å². The molecular weight excluding hydrogens is 276 g/mol. The number of benzene rings is 1. The molecule has 1 unspecified atom stereocenters. The van der Waals surface area contributed by atoms with Gasteiger partial charge in [-0.1, -0.05) is 41.4 Å². The van der Waals surface area contributed by atoms with Crippen LogP contribution in [0.3, 0.4) is 0 Å². The van der Waals surface area contributed by atoms with Crippen LogP contribution in [0.25, 0.3) is 0 Å². The Hall–Kier alpha value is -0.380. The van der Waals surface area contributed by atoms with Gasteiger partial charge in [0.25, 0.3) is 0 Å². The maximum absolute atomic E-state index is 5.59. The third-order valence-corrected chi connectivity index (χ3v) is 3.59. The molecule has 0 saturated heterocycles. The largest absolute Gasteiger partial charge is 0.330 e. The molecule has 0 amide bonds. The highest BCUT2D eigenvalue weighted by Gasteiger charge is 2.04. The Kier molecular flexibility index (Phi) is 7.49. The van der Waals surface area contributed by atoms with E-state index < -0.39 is 0 Å². The molecule has 1 atom stereocenters. The summed E-state index contributed by atoms with van der Waals surface area (Å²) < 4.78 is 1.14. The fourth-order valence-corrected chi connectivity index (χ4v) is 2.42. The van der Waals surface area contributed by atoms with Gasteiger partial charge in [-0.15, -0.1) is 0 Å². The highest BCUT2D eigenvalue weighted by atomic mass is 79.9. The zero-order valence-corrected chi connectivity index (χ0v) is 12.2. The van der Waals surface area contributed by atoms with E-state index in [9.17, 15) is 0 Å². The summed E-state index contributed by atoms with van der Waals surface area (Å²) in [6.45, 7) is 5.07. The minimum atomic E-state index is 0.773. The quantitative estimate of drug-likeness (QED) is 0.723. The molecule has 2 nitrogen and oxygen atoms in total. The van der Waals surface area contributed by atoms with Crippen LogP contribution in [0.15, 0.2) is 28.7 Å². The lowest BCUT2D eigenvalue weighted by Gasteiger charge is -2.13. The van der Waals surface area contributed by atoms with E-state index in [1.165, 1.54) is 18.4 Å². The lowest BCUT2D eigenvalue weighted by atomic mass is 9.98. The lowest BCUT2D eigenvalue weighted by molar-refractivity contribution is 0.428. The van der Waals surface area contributed by atoms with Crippen molar-refractivity contribution in [1.29, 1.82) is 0 Å². The molecule has 0 aliphatic rings. The molecule has 0 spiro atoms. The van der Waals surface area contributed by atoms with Crippen molar-refractivity contribution in [2.45, 2.75) is 32.7 Å². The number of halogens is 1. The van der Waals surface area contributed by atoms with Crippen LogP contribution in [-0.4, -0.2) is 13.1 Å². The van der Waals surface area contributed by atoms with Crippen LogP contribution in [-0.2, 0) is 6.54 Å². The van der Waals surface area contributed by atoms with Crippen molar-refractivity contribution in [2.75, 3.05) is 13.1 Å². The average molecular weight is 299 g/mol. The Morgan fingerprint density at radius 2 is 2.18 bits per heavy atom. The Morgan fingerprint density at radius 1 is 1.35 bits per heavy atom. The van der Waals surface area contributed by atoms with Crippen LogP contribution in [0.4, 0.5) is 0 Å². The van der Waals surface area contributed by atoms with E-state index in [0.717, 1.165) is 36.4 Å². The average Bonchev–Trinajstić information content (AvgIpc) is 2.33. The van der Waals surface area contributed by atoms with Gasteiger partial charge in [-0.25, -0.2) is 0 Å². The summed E-state index contributed by atoms with van der Waals surface area (Å²) in [5.41, 5.74) is 6.92. The van der Waals surface area contributed by atoms with E-state index in [2.05, 4.69) is 52.4 Å². The molecule has 1 aromatic rings. The first-order chi connectivity index (χ1) is 8.26. The molecule has 1 aromatic carbocycles. The molecular formula is C14H23BrN2. The lowest BCUT2D eigenvalue weighted by Crippen LogP contribution is -2.19. The second kappa shape index (κ2) is 8.67. The van der Waals surface area contributed by atoms with Crippen LogP contribution < -0.4 is 11.1 Å². The third-order valence-electron chi connectivity index (χ3n) is 3.10. The summed E-state index contributed by atoms with van der Waals surface area (Å²) in [6.07, 6.45) is 3.60.